The van der Waals surface area contributed by atoms with Gasteiger partial charge in [-0.15, -0.1) is 23.5 Å². The number of hydrogen-bond donors (Lipinski definition) is 1. The molecule has 150 valence electrons. The summed E-state index contributed by atoms with van der Waals surface area (Å²) >= 11 is 3.79. The molecule has 2 rings (SSSR count). The molecule has 26 heavy (non-hydrogen) atoms. The lowest BCUT2D eigenvalue weighted by molar-refractivity contribution is -0.108. The van der Waals surface area contributed by atoms with Crippen LogP contribution in [0.4, 0.5) is 0 Å². The van der Waals surface area contributed by atoms with E-state index in [-0.39, 0.29) is 9.83 Å². The fourth-order valence-corrected chi connectivity index (χ4v) is 5.74. The Hall–Kier alpha value is -1.01. The van der Waals surface area contributed by atoms with E-state index in [1.807, 2.05) is 63.4 Å². The number of benzene rings is 1. The number of carbonyl (C=O) groups excluding carboxylic acids is 1. The average molecular weight is 403 g/mol. The van der Waals surface area contributed by atoms with E-state index in [4.69, 9.17) is 9.47 Å². The topological polar surface area (TPSA) is 55.8 Å². The van der Waals surface area contributed by atoms with Crippen molar-refractivity contribution in [2.45, 2.75) is 57.5 Å². The van der Waals surface area contributed by atoms with Gasteiger partial charge in [0.05, 0.1) is 18.3 Å². The molecule has 0 spiro atoms. The number of carbonyl (C=O) groups is 1. The fourth-order valence-electron chi connectivity index (χ4n) is 2.54. The number of aryl methyl sites for hydroxylation is 1. The first-order valence-corrected chi connectivity index (χ1v) is 11.3. The third-order valence-corrected chi connectivity index (χ3v) is 7.23. The number of aldehydes is 1. The van der Waals surface area contributed by atoms with Gasteiger partial charge in [0.25, 0.3) is 0 Å². The molecular weight excluding hydrogens is 368 g/mol. The van der Waals surface area contributed by atoms with Crippen LogP contribution < -0.4 is 9.47 Å². The van der Waals surface area contributed by atoms with Crippen LogP contribution in [0.2, 0.25) is 0 Å². The maximum absolute atomic E-state index is 11.0. The maximum Gasteiger partial charge on any atom is 0.200 e. The van der Waals surface area contributed by atoms with E-state index in [2.05, 4.69) is 0 Å². The van der Waals surface area contributed by atoms with E-state index in [9.17, 15) is 9.90 Å². The summed E-state index contributed by atoms with van der Waals surface area (Å²) < 4.78 is 10.4. The number of thioether (sulfide) groups is 2. The fraction of sp³-hybridized carbons (Fsp3) is 0.650. The highest BCUT2D eigenvalue weighted by molar-refractivity contribution is 8.18. The molecule has 0 unspecified atom stereocenters. The highest BCUT2D eigenvalue weighted by Crippen LogP contribution is 2.48. The molecule has 1 aromatic rings. The molecule has 0 saturated carbocycles. The second-order valence-corrected chi connectivity index (χ2v) is 8.40. The van der Waals surface area contributed by atoms with Gasteiger partial charge in [-0.1, -0.05) is 27.7 Å². The minimum absolute atomic E-state index is 0.0155. The Morgan fingerprint density at radius 1 is 1.08 bits per heavy atom. The molecule has 1 aromatic carbocycles. The summed E-state index contributed by atoms with van der Waals surface area (Å²) in [5.41, 5.74) is 1.04. The van der Waals surface area contributed by atoms with Crippen molar-refractivity contribution in [1.29, 1.82) is 0 Å². The molecule has 1 fully saturated rings. The predicted molar refractivity (Wildman–Crippen MR) is 115 cm³/mol. The molecule has 0 aromatic heterocycles. The van der Waals surface area contributed by atoms with E-state index < -0.39 is 0 Å². The van der Waals surface area contributed by atoms with Crippen molar-refractivity contribution in [2.24, 2.45) is 0 Å². The lowest BCUT2D eigenvalue weighted by Crippen LogP contribution is -2.26. The Balaban J connectivity index is 0.00000146. The minimum Gasteiger partial charge on any atom is -0.502 e. The summed E-state index contributed by atoms with van der Waals surface area (Å²) in [7, 11) is 3.05. The molecule has 0 aliphatic carbocycles. The summed E-state index contributed by atoms with van der Waals surface area (Å²) in [5, 5.41) is 9.96. The van der Waals surface area contributed by atoms with Crippen LogP contribution in [-0.4, -0.2) is 41.2 Å². The molecular formula is C20H34O4S2. The Kier molecular flexibility index (Phi) is 13.6. The van der Waals surface area contributed by atoms with Crippen LogP contribution >= 0.6 is 23.5 Å². The summed E-state index contributed by atoms with van der Waals surface area (Å²) in [5.74, 6) is 3.09. The zero-order chi connectivity index (χ0) is 20.0. The first-order valence-electron chi connectivity index (χ1n) is 9.29. The average Bonchev–Trinajstić information content (AvgIpc) is 2.71. The number of phenols is 1. The highest BCUT2D eigenvalue weighted by atomic mass is 32.2. The Morgan fingerprint density at radius 3 is 2.00 bits per heavy atom. The lowest BCUT2D eigenvalue weighted by atomic mass is 10.1. The standard InChI is InChI=1S/C16H22O4S2.2C2H6/c1-19-13-10-12(11-14(20-2)15(13)18)4-5-16(6-7-17)21-8-3-9-22-16;2*1-2/h7,10-11,18H,3-6,8-9H2,1-2H3;2*1-2H3. The van der Waals surface area contributed by atoms with E-state index in [1.165, 1.54) is 20.6 Å². The number of ether oxygens (including phenoxy) is 2. The van der Waals surface area contributed by atoms with Crippen molar-refractivity contribution >= 4 is 29.8 Å². The summed E-state index contributed by atoms with van der Waals surface area (Å²) in [4.78, 5) is 11.0. The minimum atomic E-state index is -0.0155. The molecule has 1 heterocycles. The van der Waals surface area contributed by atoms with Gasteiger partial charge in [0.1, 0.15) is 6.29 Å². The van der Waals surface area contributed by atoms with Crippen LogP contribution in [0.1, 0.15) is 52.5 Å². The zero-order valence-electron chi connectivity index (χ0n) is 17.0. The van der Waals surface area contributed by atoms with Crippen molar-refractivity contribution in [3.63, 3.8) is 0 Å². The van der Waals surface area contributed by atoms with Gasteiger partial charge in [0, 0.05) is 6.42 Å². The quantitative estimate of drug-likeness (QED) is 0.604. The SMILES string of the molecule is CC.CC.COc1cc(CCC2(CC=O)SCCCS2)cc(OC)c1O. The number of phenolic OH excluding ortho intramolecular Hbond substituents is 1. The second kappa shape index (κ2) is 14.1. The van der Waals surface area contributed by atoms with E-state index in [1.54, 1.807) is 0 Å². The van der Waals surface area contributed by atoms with Gasteiger partial charge >= 0.3 is 0 Å². The monoisotopic (exact) mass is 402 g/mol. The van der Waals surface area contributed by atoms with Crippen molar-refractivity contribution in [3.05, 3.63) is 17.7 Å². The molecule has 1 aliphatic heterocycles. The van der Waals surface area contributed by atoms with Crippen LogP contribution in [0, 0.1) is 0 Å². The number of aromatic hydroxyl groups is 1. The Bertz CT molecular complexity index is 490. The molecule has 0 radical (unpaired) electrons. The number of rotatable bonds is 7. The van der Waals surface area contributed by atoms with Gasteiger partial charge in [-0.05, 0) is 48.5 Å². The molecule has 0 atom stereocenters. The van der Waals surface area contributed by atoms with Crippen molar-refractivity contribution in [1.82, 2.24) is 0 Å². The summed E-state index contributed by atoms with van der Waals surface area (Å²) in [6.45, 7) is 8.00. The molecule has 1 aliphatic rings. The first-order chi connectivity index (χ1) is 12.6. The third kappa shape index (κ3) is 7.31. The van der Waals surface area contributed by atoms with Gasteiger partial charge < -0.3 is 19.4 Å². The highest BCUT2D eigenvalue weighted by Gasteiger charge is 2.33. The van der Waals surface area contributed by atoms with Crippen LogP contribution in [0.3, 0.4) is 0 Å². The second-order valence-electron chi connectivity index (χ2n) is 5.18. The summed E-state index contributed by atoms with van der Waals surface area (Å²) in [6.07, 6.45) is 4.55. The summed E-state index contributed by atoms with van der Waals surface area (Å²) in [6, 6.07) is 3.68. The third-order valence-electron chi connectivity index (χ3n) is 3.75. The van der Waals surface area contributed by atoms with Gasteiger partial charge in [-0.2, -0.15) is 0 Å². The van der Waals surface area contributed by atoms with Crippen molar-refractivity contribution in [2.75, 3.05) is 25.7 Å². The molecule has 0 bridgehead atoms. The van der Waals surface area contributed by atoms with Gasteiger partial charge in [0.15, 0.2) is 11.5 Å². The normalized spacial score (nSPS) is 14.8. The van der Waals surface area contributed by atoms with Gasteiger partial charge in [-0.25, -0.2) is 0 Å². The van der Waals surface area contributed by atoms with Gasteiger partial charge in [-0.3, -0.25) is 0 Å². The van der Waals surface area contributed by atoms with Crippen LogP contribution in [0.15, 0.2) is 12.1 Å². The number of methoxy groups -OCH3 is 2. The van der Waals surface area contributed by atoms with Crippen molar-refractivity contribution < 1.29 is 19.4 Å². The van der Waals surface area contributed by atoms with E-state index in [0.29, 0.717) is 17.9 Å². The Labute approximate surface area is 167 Å². The van der Waals surface area contributed by atoms with Crippen LogP contribution in [0.25, 0.3) is 0 Å². The largest absolute Gasteiger partial charge is 0.502 e. The molecule has 0 amide bonds. The predicted octanol–water partition coefficient (Wildman–Crippen LogP) is 5.55. The molecule has 6 heteroatoms. The van der Waals surface area contributed by atoms with Crippen molar-refractivity contribution in [3.8, 4) is 17.2 Å². The van der Waals surface area contributed by atoms with Crippen LogP contribution in [0.5, 0.6) is 17.2 Å². The van der Waals surface area contributed by atoms with Crippen LogP contribution in [-0.2, 0) is 11.2 Å². The van der Waals surface area contributed by atoms with Gasteiger partial charge in [0.2, 0.25) is 5.75 Å². The van der Waals surface area contributed by atoms with E-state index >= 15 is 0 Å². The molecule has 4 nitrogen and oxygen atoms in total. The molecule has 1 N–H and O–H groups in total. The lowest BCUT2D eigenvalue weighted by Gasteiger charge is -2.34. The number of hydrogen-bond acceptors (Lipinski definition) is 6. The Morgan fingerprint density at radius 2 is 1.58 bits per heavy atom. The first kappa shape index (κ1) is 25.0. The zero-order valence-corrected chi connectivity index (χ0v) is 18.6. The smallest absolute Gasteiger partial charge is 0.200 e. The molecule has 1 saturated heterocycles. The van der Waals surface area contributed by atoms with E-state index in [0.717, 1.165) is 36.2 Å². The maximum atomic E-state index is 11.0.